The Morgan fingerprint density at radius 2 is 2.24 bits per heavy atom. The molecule has 2 rings (SSSR count). The largest absolute Gasteiger partial charge is 0.379 e. The zero-order chi connectivity index (χ0) is 12.3. The molecule has 5 heteroatoms. The number of rotatable bonds is 3. The molecule has 86 valence electrons. The van der Waals surface area contributed by atoms with Gasteiger partial charge >= 0.3 is 0 Å². The topological polar surface area (TPSA) is 35.8 Å². The lowest BCUT2D eigenvalue weighted by atomic mass is 10.2. The summed E-state index contributed by atoms with van der Waals surface area (Å²) in [6, 6.07) is 8.15. The molecule has 0 unspecified atom stereocenters. The quantitative estimate of drug-likeness (QED) is 0.911. The molecule has 0 atom stereocenters. The third-order valence-corrected chi connectivity index (χ3v) is 3.64. The molecule has 2 nitrogen and oxygen atoms in total. The van der Waals surface area contributed by atoms with Gasteiger partial charge in [0.25, 0.3) is 0 Å². The molecule has 0 radical (unpaired) electrons. The SMILES string of the molecule is N#Cc1c(F)cccc1NCc1sccc1Cl. The highest BCUT2D eigenvalue weighted by Crippen LogP contribution is 2.24. The lowest BCUT2D eigenvalue weighted by Crippen LogP contribution is -2.01. The fraction of sp³-hybridized carbons (Fsp3) is 0.0833. The van der Waals surface area contributed by atoms with Gasteiger partial charge < -0.3 is 5.32 Å². The van der Waals surface area contributed by atoms with Crippen LogP contribution in [0.1, 0.15) is 10.4 Å². The number of hydrogen-bond donors (Lipinski definition) is 1. The number of benzene rings is 1. The maximum absolute atomic E-state index is 13.3. The first-order valence-electron chi connectivity index (χ1n) is 4.86. The Morgan fingerprint density at radius 3 is 2.88 bits per heavy atom. The highest BCUT2D eigenvalue weighted by molar-refractivity contribution is 7.10. The predicted octanol–water partition coefficient (Wildman–Crippen LogP) is 4.02. The lowest BCUT2D eigenvalue weighted by Gasteiger charge is -2.07. The Balaban J connectivity index is 2.18. The van der Waals surface area contributed by atoms with Gasteiger partial charge in [0.15, 0.2) is 0 Å². The first-order valence-corrected chi connectivity index (χ1v) is 6.12. The zero-order valence-corrected chi connectivity index (χ0v) is 10.3. The number of nitrogens with zero attached hydrogens (tertiary/aromatic N) is 1. The molecule has 0 aliphatic rings. The van der Waals surface area contributed by atoms with Gasteiger partial charge in [0.05, 0.1) is 17.3 Å². The highest BCUT2D eigenvalue weighted by atomic mass is 35.5. The standard InChI is InChI=1S/C12H8ClFN2S/c13-9-4-5-17-12(9)7-16-11-3-1-2-10(14)8(11)6-15/h1-5,16H,7H2. The molecule has 2 aromatic rings. The van der Waals surface area contributed by atoms with Crippen LogP contribution < -0.4 is 5.32 Å². The minimum atomic E-state index is -0.519. The smallest absolute Gasteiger partial charge is 0.143 e. The molecule has 0 amide bonds. The number of hydrogen-bond acceptors (Lipinski definition) is 3. The molecule has 1 aromatic carbocycles. The maximum Gasteiger partial charge on any atom is 0.143 e. The molecule has 0 aliphatic carbocycles. The molecule has 1 N–H and O–H groups in total. The van der Waals surface area contributed by atoms with Gasteiger partial charge in [-0.2, -0.15) is 5.26 Å². The summed E-state index contributed by atoms with van der Waals surface area (Å²) in [7, 11) is 0. The third kappa shape index (κ3) is 2.57. The van der Waals surface area contributed by atoms with Crippen molar-refractivity contribution in [3.8, 4) is 6.07 Å². The summed E-state index contributed by atoms with van der Waals surface area (Å²) in [5, 5.41) is 14.4. The van der Waals surface area contributed by atoms with E-state index < -0.39 is 5.82 Å². The van der Waals surface area contributed by atoms with Crippen LogP contribution >= 0.6 is 22.9 Å². The van der Waals surface area contributed by atoms with Crippen LogP contribution in [0, 0.1) is 17.1 Å². The predicted molar refractivity (Wildman–Crippen MR) is 67.8 cm³/mol. The molecule has 1 aromatic heterocycles. The average molecular weight is 267 g/mol. The van der Waals surface area contributed by atoms with E-state index in [0.717, 1.165) is 4.88 Å². The monoisotopic (exact) mass is 266 g/mol. The second-order valence-corrected chi connectivity index (χ2v) is 4.73. The van der Waals surface area contributed by atoms with Crippen molar-refractivity contribution in [3.63, 3.8) is 0 Å². The van der Waals surface area contributed by atoms with Gasteiger partial charge in [-0.15, -0.1) is 11.3 Å². The Hall–Kier alpha value is -1.57. The molecule has 0 fully saturated rings. The van der Waals surface area contributed by atoms with Gasteiger partial charge in [-0.25, -0.2) is 4.39 Å². The van der Waals surface area contributed by atoms with E-state index in [1.54, 1.807) is 18.2 Å². The zero-order valence-electron chi connectivity index (χ0n) is 8.71. The van der Waals surface area contributed by atoms with Crippen molar-refractivity contribution in [1.29, 1.82) is 5.26 Å². The summed E-state index contributed by atoms with van der Waals surface area (Å²) < 4.78 is 13.3. The van der Waals surface area contributed by atoms with Gasteiger partial charge in [-0.3, -0.25) is 0 Å². The second kappa shape index (κ2) is 5.17. The lowest BCUT2D eigenvalue weighted by molar-refractivity contribution is 0.624. The maximum atomic E-state index is 13.3. The molecule has 0 bridgehead atoms. The van der Waals surface area contributed by atoms with E-state index in [2.05, 4.69) is 5.32 Å². The minimum absolute atomic E-state index is 0.0279. The van der Waals surface area contributed by atoms with Crippen LogP contribution in [0.4, 0.5) is 10.1 Å². The van der Waals surface area contributed by atoms with Crippen LogP contribution in [0.15, 0.2) is 29.6 Å². The van der Waals surface area contributed by atoms with Crippen molar-refractivity contribution in [2.45, 2.75) is 6.54 Å². The summed E-state index contributed by atoms with van der Waals surface area (Å²) in [5.74, 6) is -0.519. The summed E-state index contributed by atoms with van der Waals surface area (Å²) in [6.45, 7) is 0.481. The minimum Gasteiger partial charge on any atom is -0.379 e. The number of anilines is 1. The molecule has 17 heavy (non-hydrogen) atoms. The van der Waals surface area contributed by atoms with E-state index in [9.17, 15) is 4.39 Å². The average Bonchev–Trinajstić information content (AvgIpc) is 2.72. The van der Waals surface area contributed by atoms with Gasteiger partial charge in [0.1, 0.15) is 17.4 Å². The van der Waals surface area contributed by atoms with Gasteiger partial charge in [0.2, 0.25) is 0 Å². The van der Waals surface area contributed by atoms with Crippen LogP contribution in [-0.4, -0.2) is 0 Å². The number of halogens is 2. The van der Waals surface area contributed by atoms with Gasteiger partial charge in [0, 0.05) is 4.88 Å². The summed E-state index contributed by atoms with van der Waals surface area (Å²) in [5.41, 5.74) is 0.511. The van der Waals surface area contributed by atoms with Crippen LogP contribution in [0.25, 0.3) is 0 Å². The first kappa shape index (κ1) is 11.9. The highest BCUT2D eigenvalue weighted by Gasteiger charge is 2.08. The van der Waals surface area contributed by atoms with Crippen molar-refractivity contribution < 1.29 is 4.39 Å². The van der Waals surface area contributed by atoms with Crippen LogP contribution in [-0.2, 0) is 6.54 Å². The fourth-order valence-electron chi connectivity index (χ4n) is 1.41. The van der Waals surface area contributed by atoms with E-state index >= 15 is 0 Å². The molecular formula is C12H8ClFN2S. The molecule has 0 spiro atoms. The number of thiophene rings is 1. The van der Waals surface area contributed by atoms with Crippen molar-refractivity contribution in [2.24, 2.45) is 0 Å². The van der Waals surface area contributed by atoms with E-state index in [4.69, 9.17) is 16.9 Å². The Morgan fingerprint density at radius 1 is 1.41 bits per heavy atom. The van der Waals surface area contributed by atoms with Crippen molar-refractivity contribution in [1.82, 2.24) is 0 Å². The molecule has 0 aliphatic heterocycles. The first-order chi connectivity index (χ1) is 8.22. The van der Waals surface area contributed by atoms with Gasteiger partial charge in [-0.1, -0.05) is 17.7 Å². The number of nitriles is 1. The van der Waals surface area contributed by atoms with Gasteiger partial charge in [-0.05, 0) is 23.6 Å². The van der Waals surface area contributed by atoms with Crippen molar-refractivity contribution in [3.05, 3.63) is 50.9 Å². The van der Waals surface area contributed by atoms with E-state index in [-0.39, 0.29) is 5.56 Å². The fourth-order valence-corrected chi connectivity index (χ4v) is 2.45. The van der Waals surface area contributed by atoms with E-state index in [0.29, 0.717) is 17.3 Å². The molecule has 0 saturated heterocycles. The summed E-state index contributed by atoms with van der Waals surface area (Å²) in [6.07, 6.45) is 0. The van der Waals surface area contributed by atoms with Crippen molar-refractivity contribution >= 4 is 28.6 Å². The van der Waals surface area contributed by atoms with Crippen molar-refractivity contribution in [2.75, 3.05) is 5.32 Å². The summed E-state index contributed by atoms with van der Waals surface area (Å²) in [4.78, 5) is 0.958. The Kier molecular flexibility index (Phi) is 3.62. The van der Waals surface area contributed by atoms with E-state index in [1.165, 1.54) is 17.4 Å². The van der Waals surface area contributed by atoms with E-state index in [1.807, 2.05) is 11.4 Å². The van der Waals surface area contributed by atoms with Crippen LogP contribution in [0.3, 0.4) is 0 Å². The Bertz CT molecular complexity index is 574. The van der Waals surface area contributed by atoms with Crippen LogP contribution in [0.5, 0.6) is 0 Å². The molecular weight excluding hydrogens is 259 g/mol. The normalized spacial score (nSPS) is 9.94. The molecule has 1 heterocycles. The van der Waals surface area contributed by atoms with Crippen LogP contribution in [0.2, 0.25) is 5.02 Å². The Labute approximate surface area is 107 Å². The summed E-state index contributed by atoms with van der Waals surface area (Å²) >= 11 is 7.46. The second-order valence-electron chi connectivity index (χ2n) is 3.32. The molecule has 0 saturated carbocycles. The third-order valence-electron chi connectivity index (χ3n) is 2.26. The number of nitrogens with one attached hydrogen (secondary N) is 1.